The van der Waals surface area contributed by atoms with Gasteiger partial charge in [-0.05, 0) is 91.9 Å². The van der Waals surface area contributed by atoms with Crippen LogP contribution in [0.5, 0.6) is 5.75 Å². The average molecular weight is 745 g/mol. The Morgan fingerprint density at radius 2 is 1.80 bits per heavy atom. The van der Waals surface area contributed by atoms with Crippen molar-refractivity contribution in [2.75, 3.05) is 69.7 Å². The van der Waals surface area contributed by atoms with E-state index in [2.05, 4.69) is 137 Å². The fourth-order valence-electron chi connectivity index (χ4n) is 7.41. The van der Waals surface area contributed by atoms with E-state index < -0.39 is 0 Å². The molecule has 0 bridgehead atoms. The molecule has 3 aromatic carbocycles. The number of aliphatic imine (C=N–C) groups is 1. The van der Waals surface area contributed by atoms with E-state index >= 15 is 0 Å². The molecule has 10 heteroatoms. The number of hydrogen-bond donors (Lipinski definition) is 1. The average Bonchev–Trinajstić information content (AvgIpc) is 3.53. The first-order chi connectivity index (χ1) is 26.7. The second-order valence-corrected chi connectivity index (χ2v) is 14.7. The Morgan fingerprint density at radius 3 is 2.55 bits per heavy atom. The second-order valence-electron chi connectivity index (χ2n) is 14.7. The monoisotopic (exact) mass is 744 g/mol. The van der Waals surface area contributed by atoms with Gasteiger partial charge >= 0.3 is 0 Å². The van der Waals surface area contributed by atoms with Crippen LogP contribution in [0.4, 0.5) is 11.4 Å². The van der Waals surface area contributed by atoms with Gasteiger partial charge in [0, 0.05) is 101 Å². The predicted molar refractivity (Wildman–Crippen MR) is 230 cm³/mol. The Bertz CT molecular complexity index is 1840. The number of nitrogens with one attached hydrogen (secondary N) is 1. The molecule has 5 rings (SSSR count). The Hall–Kier alpha value is -5.22. The summed E-state index contributed by atoms with van der Waals surface area (Å²) in [5, 5.41) is 11.6. The first kappa shape index (κ1) is 41.0. The zero-order valence-corrected chi connectivity index (χ0v) is 33.6. The minimum atomic E-state index is 0.184. The summed E-state index contributed by atoms with van der Waals surface area (Å²) in [7, 11) is 1.99. The largest absolute Gasteiger partial charge is 0.494 e. The summed E-state index contributed by atoms with van der Waals surface area (Å²) in [6.45, 7) is 23.4. The number of piperazine rings is 1. The zero-order chi connectivity index (χ0) is 39.2. The summed E-state index contributed by atoms with van der Waals surface area (Å²) in [6.07, 6.45) is 8.31. The van der Waals surface area contributed by atoms with E-state index in [0.717, 1.165) is 86.9 Å². The lowest BCUT2D eigenvalue weighted by atomic mass is 9.93. The Balaban J connectivity index is 1.06. The summed E-state index contributed by atoms with van der Waals surface area (Å²) in [5.74, 6) is 2.06. The number of amides is 1. The predicted octanol–water partition coefficient (Wildman–Crippen LogP) is 8.09. The van der Waals surface area contributed by atoms with Gasteiger partial charge in [0.25, 0.3) is 5.91 Å². The van der Waals surface area contributed by atoms with Gasteiger partial charge in [0.2, 0.25) is 0 Å². The minimum Gasteiger partial charge on any atom is -0.494 e. The van der Waals surface area contributed by atoms with Crippen molar-refractivity contribution in [3.05, 3.63) is 113 Å². The van der Waals surface area contributed by atoms with Gasteiger partial charge in [-0.3, -0.25) is 14.7 Å². The van der Waals surface area contributed by atoms with Crippen LogP contribution in [0, 0.1) is 0 Å². The molecule has 0 aliphatic carbocycles. The highest BCUT2D eigenvalue weighted by Crippen LogP contribution is 2.31. The highest BCUT2D eigenvalue weighted by Gasteiger charge is 2.31. The lowest BCUT2D eigenvalue weighted by Crippen LogP contribution is -2.46. The summed E-state index contributed by atoms with van der Waals surface area (Å²) >= 11 is 0. The number of anilines is 2. The number of fused-ring (bicyclic) bond motifs is 1. The molecule has 55 heavy (non-hydrogen) atoms. The van der Waals surface area contributed by atoms with Crippen LogP contribution >= 0.6 is 0 Å². The number of carbonyl (C=O) groups excluding carboxylic acids is 1. The minimum absolute atomic E-state index is 0.184. The molecule has 0 saturated carbocycles. The number of ether oxygens (including phenoxy) is 1. The molecular formula is C45H60N8O2. The van der Waals surface area contributed by atoms with Crippen LogP contribution in [0.3, 0.4) is 0 Å². The molecule has 2 atom stereocenters. The summed E-state index contributed by atoms with van der Waals surface area (Å²) in [6, 6.07) is 23.7. The van der Waals surface area contributed by atoms with Crippen molar-refractivity contribution >= 4 is 36.0 Å². The van der Waals surface area contributed by atoms with Crippen LogP contribution < -0.4 is 15.0 Å². The number of hydrogen-bond acceptors (Lipinski definition) is 8. The summed E-state index contributed by atoms with van der Waals surface area (Å²) in [5.41, 5.74) is 7.85. The second kappa shape index (κ2) is 20.5. The summed E-state index contributed by atoms with van der Waals surface area (Å²) in [4.78, 5) is 26.1. The van der Waals surface area contributed by atoms with E-state index in [1.54, 1.807) is 6.21 Å². The first-order valence-corrected chi connectivity index (χ1v) is 19.7. The van der Waals surface area contributed by atoms with Crippen LogP contribution in [-0.2, 0) is 6.54 Å². The maximum Gasteiger partial charge on any atom is 0.254 e. The van der Waals surface area contributed by atoms with Crippen molar-refractivity contribution in [3.8, 4) is 5.75 Å². The quantitative estimate of drug-likeness (QED) is 0.0578. The molecule has 10 nitrogen and oxygen atoms in total. The molecule has 1 amide bonds. The third-order valence-electron chi connectivity index (χ3n) is 10.6. The van der Waals surface area contributed by atoms with Crippen LogP contribution in [0.1, 0.15) is 79.9 Å². The molecular weight excluding hydrogens is 685 g/mol. The normalized spacial score (nSPS) is 16.3. The molecule has 3 aromatic rings. The van der Waals surface area contributed by atoms with Gasteiger partial charge in [0.1, 0.15) is 11.6 Å². The number of carbonyl (C=O) groups is 1. The number of likely N-dealkylation sites (N-methyl/N-ethyl adjacent to an activating group) is 1. The van der Waals surface area contributed by atoms with E-state index in [9.17, 15) is 4.79 Å². The van der Waals surface area contributed by atoms with Crippen LogP contribution in [0.15, 0.2) is 106 Å². The molecule has 1 N–H and O–H groups in total. The molecule has 1 fully saturated rings. The Labute approximate surface area is 329 Å². The molecule has 292 valence electrons. The molecule has 0 spiro atoms. The highest BCUT2D eigenvalue weighted by molar-refractivity contribution is 5.99. The van der Waals surface area contributed by atoms with Crippen molar-refractivity contribution in [3.63, 3.8) is 0 Å². The van der Waals surface area contributed by atoms with Crippen LogP contribution in [0.2, 0.25) is 0 Å². The smallest absolute Gasteiger partial charge is 0.254 e. The summed E-state index contributed by atoms with van der Waals surface area (Å²) < 4.78 is 6.27. The Kier molecular flexibility index (Phi) is 15.2. The fourth-order valence-corrected chi connectivity index (χ4v) is 7.41. The number of allylic oxidation sites excluding steroid dienone is 1. The maximum absolute atomic E-state index is 13.0. The molecule has 2 aliphatic heterocycles. The van der Waals surface area contributed by atoms with Crippen LogP contribution in [0.25, 0.3) is 0 Å². The fraction of sp³-hybridized carbons (Fsp3) is 0.422. The molecule has 0 aromatic heterocycles. The maximum atomic E-state index is 13.0. The number of rotatable bonds is 19. The van der Waals surface area contributed by atoms with Gasteiger partial charge in [-0.15, -0.1) is 5.10 Å². The lowest BCUT2D eigenvalue weighted by molar-refractivity contribution is 0.0709. The third-order valence-corrected chi connectivity index (χ3v) is 10.6. The molecule has 2 heterocycles. The van der Waals surface area contributed by atoms with Crippen molar-refractivity contribution in [1.82, 2.24) is 14.7 Å². The number of amidine groups is 1. The third kappa shape index (κ3) is 11.4. The van der Waals surface area contributed by atoms with Gasteiger partial charge in [0.05, 0.1) is 13.2 Å². The topological polar surface area (TPSA) is 88.4 Å². The number of nitrogens with zero attached hydrogens (tertiary/aromatic N) is 7. The van der Waals surface area contributed by atoms with E-state index in [-0.39, 0.29) is 17.9 Å². The Morgan fingerprint density at radius 1 is 1.04 bits per heavy atom. The van der Waals surface area contributed by atoms with Gasteiger partial charge in [-0.2, -0.15) is 5.10 Å². The van der Waals surface area contributed by atoms with E-state index in [1.807, 2.05) is 24.1 Å². The first-order valence-electron chi connectivity index (χ1n) is 19.7. The van der Waals surface area contributed by atoms with Gasteiger partial charge in [-0.1, -0.05) is 56.7 Å². The van der Waals surface area contributed by atoms with Crippen molar-refractivity contribution < 1.29 is 9.53 Å². The van der Waals surface area contributed by atoms with Gasteiger partial charge < -0.3 is 24.8 Å². The number of benzene rings is 3. The van der Waals surface area contributed by atoms with E-state index in [4.69, 9.17) is 4.74 Å². The highest BCUT2D eigenvalue weighted by atomic mass is 16.5. The zero-order valence-electron chi connectivity index (χ0n) is 33.6. The van der Waals surface area contributed by atoms with E-state index in [0.29, 0.717) is 19.7 Å². The molecule has 2 aliphatic rings. The molecule has 2 unspecified atom stereocenters. The van der Waals surface area contributed by atoms with Crippen molar-refractivity contribution in [1.29, 1.82) is 0 Å². The molecule has 0 radical (unpaired) electrons. The SMILES string of the molecule is C=CN=C/C=C(\C)CN(C)/C(CNc1cccc(C(C)c2cccc(OCCCN3CCN(c4ccc5c(c4)CN(C(C)CCC)C5=O)CC3)c2)c1)=N\N=C. The van der Waals surface area contributed by atoms with Crippen molar-refractivity contribution in [2.24, 2.45) is 15.2 Å². The van der Waals surface area contributed by atoms with Crippen molar-refractivity contribution in [2.45, 2.75) is 65.5 Å². The van der Waals surface area contributed by atoms with Gasteiger partial charge in [0.15, 0.2) is 0 Å². The van der Waals surface area contributed by atoms with Crippen LogP contribution in [-0.4, -0.2) is 105 Å². The molecule has 1 saturated heterocycles. The standard InChI is InChI=1S/C45H60N8O2/c1-8-13-35(4)53-33-39-29-41(18-19-43(39)45(53)54)52-25-23-51(24-26-52)22-12-27-55-42-17-11-15-38(30-42)36(5)37-14-10-16-40(28-37)48-31-44(49-46-6)50(7)32-34(3)20-21-47-9-2/h9-11,14-21,28-30,35-36,48H,2,6,8,12-13,22-27,31-33H2,1,3-5,7H3/b34-20+,47-21?,49-44-. The lowest BCUT2D eigenvalue weighted by Gasteiger charge is -2.36. The van der Waals surface area contributed by atoms with E-state index in [1.165, 1.54) is 28.6 Å². The van der Waals surface area contributed by atoms with Gasteiger partial charge in [-0.25, -0.2) is 0 Å².